The summed E-state index contributed by atoms with van der Waals surface area (Å²) in [5.41, 5.74) is 0.723. The molecular weight excluding hydrogens is 356 g/mol. The van der Waals surface area contributed by atoms with Crippen LogP contribution in [-0.2, 0) is 9.59 Å². The average Bonchev–Trinajstić information content (AvgIpc) is 3.20. The zero-order valence-electron chi connectivity index (χ0n) is 16.3. The van der Waals surface area contributed by atoms with Gasteiger partial charge in [-0.15, -0.1) is 11.3 Å². The standard InChI is InChI=1S/C22H28N2O2S/c1-22(2,3)21(26)24-13-11-17(12-14-24)20(25)23-19(18-10-7-15-27-18)16-8-5-4-6-9-16/h4-10,15,17,19H,11-14H2,1-3H3,(H,23,25). The van der Waals surface area contributed by atoms with E-state index in [1.165, 1.54) is 0 Å². The summed E-state index contributed by atoms with van der Waals surface area (Å²) in [7, 11) is 0. The van der Waals surface area contributed by atoms with Gasteiger partial charge >= 0.3 is 0 Å². The van der Waals surface area contributed by atoms with Crippen molar-refractivity contribution in [3.05, 3.63) is 58.3 Å². The first-order valence-electron chi connectivity index (χ1n) is 9.54. The highest BCUT2D eigenvalue weighted by atomic mass is 32.1. The van der Waals surface area contributed by atoms with Gasteiger partial charge in [0.1, 0.15) is 0 Å². The topological polar surface area (TPSA) is 49.4 Å². The second-order valence-electron chi connectivity index (χ2n) is 8.18. The van der Waals surface area contributed by atoms with Gasteiger partial charge in [0.05, 0.1) is 6.04 Å². The lowest BCUT2D eigenvalue weighted by atomic mass is 9.90. The number of carbonyl (C=O) groups is 2. The van der Waals surface area contributed by atoms with Gasteiger partial charge in [0.25, 0.3) is 0 Å². The second-order valence-corrected chi connectivity index (χ2v) is 9.16. The Balaban J connectivity index is 1.65. The molecule has 1 atom stereocenters. The third kappa shape index (κ3) is 4.78. The highest BCUT2D eigenvalue weighted by molar-refractivity contribution is 7.10. The zero-order valence-corrected chi connectivity index (χ0v) is 17.1. The SMILES string of the molecule is CC(C)(C)C(=O)N1CCC(C(=O)NC(c2ccccc2)c2cccs2)CC1. The van der Waals surface area contributed by atoms with E-state index in [2.05, 4.69) is 23.5 Å². The molecule has 0 radical (unpaired) electrons. The fourth-order valence-electron chi connectivity index (χ4n) is 3.50. The number of nitrogens with zero attached hydrogens (tertiary/aromatic N) is 1. The number of likely N-dealkylation sites (tertiary alicyclic amines) is 1. The predicted molar refractivity (Wildman–Crippen MR) is 110 cm³/mol. The van der Waals surface area contributed by atoms with Crippen LogP contribution in [-0.4, -0.2) is 29.8 Å². The molecule has 2 aromatic rings. The summed E-state index contributed by atoms with van der Waals surface area (Å²) < 4.78 is 0. The maximum atomic E-state index is 12.9. The van der Waals surface area contributed by atoms with Gasteiger partial charge in [0.15, 0.2) is 0 Å². The van der Waals surface area contributed by atoms with Crippen molar-refractivity contribution >= 4 is 23.2 Å². The number of hydrogen-bond acceptors (Lipinski definition) is 3. The Morgan fingerprint density at radius 1 is 1.07 bits per heavy atom. The third-order valence-corrected chi connectivity index (χ3v) is 5.98. The molecule has 27 heavy (non-hydrogen) atoms. The number of nitrogens with one attached hydrogen (secondary N) is 1. The second kappa shape index (κ2) is 8.26. The van der Waals surface area contributed by atoms with Crippen molar-refractivity contribution in [1.29, 1.82) is 0 Å². The first-order valence-corrected chi connectivity index (χ1v) is 10.4. The monoisotopic (exact) mass is 384 g/mol. The van der Waals surface area contributed by atoms with E-state index in [1.54, 1.807) is 11.3 Å². The van der Waals surface area contributed by atoms with Crippen molar-refractivity contribution in [1.82, 2.24) is 10.2 Å². The molecule has 1 unspecified atom stereocenters. The molecule has 0 spiro atoms. The number of benzene rings is 1. The molecule has 1 aliphatic heterocycles. The van der Waals surface area contributed by atoms with E-state index in [0.29, 0.717) is 13.1 Å². The van der Waals surface area contributed by atoms with Gasteiger partial charge in [-0.2, -0.15) is 0 Å². The largest absolute Gasteiger partial charge is 0.344 e. The normalized spacial score (nSPS) is 16.8. The quantitative estimate of drug-likeness (QED) is 0.857. The minimum atomic E-state index is -0.368. The summed E-state index contributed by atoms with van der Waals surface area (Å²) in [6, 6.07) is 14.0. The predicted octanol–water partition coefficient (Wildman–Crippen LogP) is 4.24. The molecule has 144 valence electrons. The lowest BCUT2D eigenvalue weighted by molar-refractivity contribution is -0.142. The van der Waals surface area contributed by atoms with Gasteiger partial charge in [-0.1, -0.05) is 57.2 Å². The average molecular weight is 385 g/mol. The van der Waals surface area contributed by atoms with Crippen LogP contribution in [0.2, 0.25) is 0 Å². The van der Waals surface area contributed by atoms with E-state index in [9.17, 15) is 9.59 Å². The number of piperidine rings is 1. The molecule has 1 aromatic carbocycles. The number of rotatable bonds is 4. The summed E-state index contributed by atoms with van der Waals surface area (Å²) >= 11 is 1.65. The van der Waals surface area contributed by atoms with Crippen LogP contribution in [0.1, 0.15) is 50.1 Å². The lowest BCUT2D eigenvalue weighted by Gasteiger charge is -2.35. The van der Waals surface area contributed by atoms with E-state index < -0.39 is 0 Å². The molecule has 2 amide bonds. The van der Waals surface area contributed by atoms with Crippen LogP contribution in [0.5, 0.6) is 0 Å². The van der Waals surface area contributed by atoms with E-state index in [-0.39, 0.29) is 29.2 Å². The molecule has 1 aromatic heterocycles. The molecular formula is C22H28N2O2S. The Hall–Kier alpha value is -2.14. The minimum Gasteiger partial charge on any atom is -0.344 e. The van der Waals surface area contributed by atoms with Crippen LogP contribution in [0.4, 0.5) is 0 Å². The van der Waals surface area contributed by atoms with Crippen molar-refractivity contribution in [2.75, 3.05) is 13.1 Å². The van der Waals surface area contributed by atoms with Crippen LogP contribution >= 0.6 is 11.3 Å². The Labute approximate surface area is 165 Å². The van der Waals surface area contributed by atoms with Crippen LogP contribution < -0.4 is 5.32 Å². The highest BCUT2D eigenvalue weighted by Gasteiger charge is 2.33. The third-order valence-electron chi connectivity index (χ3n) is 5.04. The fraction of sp³-hybridized carbons (Fsp3) is 0.455. The van der Waals surface area contributed by atoms with Gasteiger partial charge in [-0.25, -0.2) is 0 Å². The van der Waals surface area contributed by atoms with Gasteiger partial charge in [0.2, 0.25) is 11.8 Å². The molecule has 1 N–H and O–H groups in total. The van der Waals surface area contributed by atoms with E-state index in [4.69, 9.17) is 0 Å². The molecule has 0 saturated carbocycles. The minimum absolute atomic E-state index is 0.0415. The number of thiophene rings is 1. The smallest absolute Gasteiger partial charge is 0.227 e. The highest BCUT2D eigenvalue weighted by Crippen LogP contribution is 2.28. The van der Waals surface area contributed by atoms with Crippen molar-refractivity contribution in [3.8, 4) is 0 Å². The maximum Gasteiger partial charge on any atom is 0.227 e. The molecule has 2 heterocycles. The first-order chi connectivity index (χ1) is 12.9. The number of amides is 2. The van der Waals surface area contributed by atoms with Crippen LogP contribution in [0, 0.1) is 11.3 Å². The molecule has 4 nitrogen and oxygen atoms in total. The van der Waals surface area contributed by atoms with Crippen molar-refractivity contribution < 1.29 is 9.59 Å². The first kappa shape index (κ1) is 19.6. The van der Waals surface area contributed by atoms with Gasteiger partial charge in [-0.3, -0.25) is 9.59 Å². The van der Waals surface area contributed by atoms with Gasteiger partial charge < -0.3 is 10.2 Å². The number of carbonyl (C=O) groups excluding carboxylic acids is 2. The lowest BCUT2D eigenvalue weighted by Crippen LogP contribution is -2.47. The molecule has 1 saturated heterocycles. The summed E-state index contributed by atoms with van der Waals surface area (Å²) in [6.07, 6.45) is 1.44. The molecule has 3 rings (SSSR count). The van der Waals surface area contributed by atoms with E-state index in [1.807, 2.05) is 55.3 Å². The van der Waals surface area contributed by atoms with Crippen molar-refractivity contribution in [2.45, 2.75) is 39.7 Å². The van der Waals surface area contributed by atoms with Gasteiger partial charge in [-0.05, 0) is 29.9 Å². The zero-order chi connectivity index (χ0) is 19.4. The summed E-state index contributed by atoms with van der Waals surface area (Å²) in [5.74, 6) is 0.211. The van der Waals surface area contributed by atoms with Crippen LogP contribution in [0.15, 0.2) is 47.8 Å². The van der Waals surface area contributed by atoms with Gasteiger partial charge in [0, 0.05) is 29.3 Å². The molecule has 0 bridgehead atoms. The number of hydrogen-bond donors (Lipinski definition) is 1. The van der Waals surface area contributed by atoms with Crippen LogP contribution in [0.25, 0.3) is 0 Å². The summed E-state index contributed by atoms with van der Waals surface area (Å²) in [5, 5.41) is 5.28. The van der Waals surface area contributed by atoms with E-state index >= 15 is 0 Å². The Morgan fingerprint density at radius 2 is 1.74 bits per heavy atom. The summed E-state index contributed by atoms with van der Waals surface area (Å²) in [4.78, 5) is 28.4. The van der Waals surface area contributed by atoms with Crippen molar-refractivity contribution in [2.24, 2.45) is 11.3 Å². The van der Waals surface area contributed by atoms with E-state index in [0.717, 1.165) is 23.3 Å². The van der Waals surface area contributed by atoms with Crippen LogP contribution in [0.3, 0.4) is 0 Å². The molecule has 0 aliphatic carbocycles. The molecule has 1 fully saturated rings. The Bertz CT molecular complexity index is 757. The Kier molecular flexibility index (Phi) is 6.00. The fourth-order valence-corrected chi connectivity index (χ4v) is 4.30. The summed E-state index contributed by atoms with van der Waals surface area (Å²) in [6.45, 7) is 7.14. The Morgan fingerprint density at radius 3 is 2.30 bits per heavy atom. The van der Waals surface area contributed by atoms with Crippen molar-refractivity contribution in [3.63, 3.8) is 0 Å². The maximum absolute atomic E-state index is 12.9. The molecule has 5 heteroatoms. The molecule has 1 aliphatic rings.